The van der Waals surface area contributed by atoms with Crippen LogP contribution in [0.15, 0.2) is 23.8 Å². The normalized spacial score (nSPS) is 42.6. The van der Waals surface area contributed by atoms with Gasteiger partial charge in [-0.15, -0.1) is 0 Å². The highest BCUT2D eigenvalue weighted by Gasteiger charge is 2.43. The van der Waals surface area contributed by atoms with Crippen molar-refractivity contribution in [1.82, 2.24) is 0 Å². The molecule has 2 bridgehead atoms. The zero-order valence-electron chi connectivity index (χ0n) is 15.2. The minimum atomic E-state index is -0.518. The molecule has 2 rings (SSSR count). The van der Waals surface area contributed by atoms with Crippen LogP contribution in [-0.4, -0.2) is 34.1 Å². The molecule has 1 fully saturated rings. The van der Waals surface area contributed by atoms with Gasteiger partial charge in [-0.3, -0.25) is 0 Å². The van der Waals surface area contributed by atoms with Crippen molar-refractivity contribution in [3.63, 3.8) is 0 Å². The number of rotatable bonds is 1. The van der Waals surface area contributed by atoms with E-state index in [9.17, 15) is 10.2 Å². The maximum atomic E-state index is 10.7. The first-order chi connectivity index (χ1) is 10.7. The fraction of sp³-hybridized carbons (Fsp3) is 0.800. The van der Waals surface area contributed by atoms with Gasteiger partial charge in [0.1, 0.15) is 0 Å². The Morgan fingerprint density at radius 3 is 2.57 bits per heavy atom. The molecule has 2 aliphatic rings. The van der Waals surface area contributed by atoms with Crippen LogP contribution in [0.25, 0.3) is 0 Å². The lowest BCUT2D eigenvalue weighted by Gasteiger charge is -2.46. The highest BCUT2D eigenvalue weighted by Crippen LogP contribution is 2.40. The molecule has 132 valence electrons. The number of allylic oxidation sites excluding steroid dienone is 1. The Kier molecular flexibility index (Phi) is 6.10. The van der Waals surface area contributed by atoms with Gasteiger partial charge in [-0.2, -0.15) is 0 Å². The van der Waals surface area contributed by atoms with Crippen LogP contribution in [0.3, 0.4) is 0 Å². The van der Waals surface area contributed by atoms with Crippen LogP contribution >= 0.6 is 0 Å². The predicted octanol–water partition coefficient (Wildman–Crippen LogP) is 3.99. The summed E-state index contributed by atoms with van der Waals surface area (Å²) in [4.78, 5) is 0. The standard InChI is InChI=1S/C20H34O3/c1-13(2)16-10-11-20(5)19(22)9-7-15(4)17(21)8-6-14(3)12-18(16)23-20/h12-13,16-19,21-22H,4,6-11H2,1-3,5H3/b14-12+/t16-,17+,18+,19+,20+/m0/s1. The van der Waals surface area contributed by atoms with E-state index in [1.165, 1.54) is 5.57 Å². The highest BCUT2D eigenvalue weighted by atomic mass is 16.5. The lowest BCUT2D eigenvalue weighted by molar-refractivity contribution is -0.183. The van der Waals surface area contributed by atoms with Gasteiger partial charge in [0.05, 0.1) is 23.9 Å². The first kappa shape index (κ1) is 18.7. The summed E-state index contributed by atoms with van der Waals surface area (Å²) >= 11 is 0. The zero-order chi connectivity index (χ0) is 17.2. The first-order valence-corrected chi connectivity index (χ1v) is 9.12. The molecule has 0 radical (unpaired) electrons. The Morgan fingerprint density at radius 1 is 1.22 bits per heavy atom. The molecular weight excluding hydrogens is 288 g/mol. The second-order valence-electron chi connectivity index (χ2n) is 8.12. The molecule has 0 saturated carbocycles. The molecule has 0 unspecified atom stereocenters. The lowest BCUT2D eigenvalue weighted by Crippen LogP contribution is -2.51. The smallest absolute Gasteiger partial charge is 0.0920 e. The van der Waals surface area contributed by atoms with Crippen LogP contribution in [0.1, 0.15) is 66.2 Å². The van der Waals surface area contributed by atoms with Crippen LogP contribution < -0.4 is 0 Å². The van der Waals surface area contributed by atoms with Gasteiger partial charge in [0, 0.05) is 0 Å². The third-order valence-electron chi connectivity index (χ3n) is 5.83. The van der Waals surface area contributed by atoms with Crippen molar-refractivity contribution in [2.24, 2.45) is 11.8 Å². The molecular formula is C20H34O3. The number of aliphatic hydroxyl groups is 2. The molecule has 23 heavy (non-hydrogen) atoms. The molecule has 3 nitrogen and oxygen atoms in total. The maximum absolute atomic E-state index is 10.7. The predicted molar refractivity (Wildman–Crippen MR) is 94.2 cm³/mol. The third-order valence-corrected chi connectivity index (χ3v) is 5.83. The summed E-state index contributed by atoms with van der Waals surface area (Å²) in [6, 6.07) is 0. The van der Waals surface area contributed by atoms with Crippen LogP contribution in [0, 0.1) is 11.8 Å². The number of ether oxygens (including phenoxy) is 1. The first-order valence-electron chi connectivity index (χ1n) is 9.12. The van der Waals surface area contributed by atoms with Crippen LogP contribution in [0.2, 0.25) is 0 Å². The Bertz CT molecular complexity index is 454. The Balaban J connectivity index is 2.28. The molecule has 0 aromatic heterocycles. The molecule has 0 aromatic carbocycles. The zero-order valence-corrected chi connectivity index (χ0v) is 15.2. The molecule has 2 heterocycles. The SMILES string of the molecule is C=C1CC[C@@H](O)[C@@]2(C)CC[C@@H](C(C)C)[C@@H](/C=C(\C)CC[C@H]1O)O2. The largest absolute Gasteiger partial charge is 0.390 e. The number of fused-ring (bicyclic) bond motifs is 2. The van der Waals surface area contributed by atoms with E-state index >= 15 is 0 Å². The summed E-state index contributed by atoms with van der Waals surface area (Å²) in [7, 11) is 0. The topological polar surface area (TPSA) is 49.7 Å². The van der Waals surface area contributed by atoms with Crippen molar-refractivity contribution < 1.29 is 14.9 Å². The molecule has 0 aliphatic carbocycles. The molecule has 1 saturated heterocycles. The monoisotopic (exact) mass is 322 g/mol. The van der Waals surface area contributed by atoms with Crippen molar-refractivity contribution in [2.75, 3.05) is 0 Å². The quantitative estimate of drug-likeness (QED) is 0.718. The van der Waals surface area contributed by atoms with Gasteiger partial charge in [0.15, 0.2) is 0 Å². The fourth-order valence-electron chi connectivity index (χ4n) is 3.92. The minimum Gasteiger partial charge on any atom is -0.390 e. The Hall–Kier alpha value is -0.640. The van der Waals surface area contributed by atoms with E-state index in [2.05, 4.69) is 33.4 Å². The van der Waals surface area contributed by atoms with Gasteiger partial charge in [-0.25, -0.2) is 0 Å². The second-order valence-corrected chi connectivity index (χ2v) is 8.12. The summed E-state index contributed by atoms with van der Waals surface area (Å²) in [6.45, 7) is 12.7. The van der Waals surface area contributed by atoms with Crippen LogP contribution in [0.5, 0.6) is 0 Å². The van der Waals surface area contributed by atoms with Gasteiger partial charge >= 0.3 is 0 Å². The third kappa shape index (κ3) is 4.46. The molecule has 0 amide bonds. The highest BCUT2D eigenvalue weighted by molar-refractivity contribution is 5.11. The Labute approximate surface area is 141 Å². The van der Waals surface area contributed by atoms with Gasteiger partial charge in [-0.05, 0) is 69.8 Å². The van der Waals surface area contributed by atoms with E-state index < -0.39 is 17.8 Å². The van der Waals surface area contributed by atoms with Gasteiger partial charge < -0.3 is 14.9 Å². The van der Waals surface area contributed by atoms with Gasteiger partial charge in [0.25, 0.3) is 0 Å². The molecule has 2 aliphatic heterocycles. The van der Waals surface area contributed by atoms with E-state index in [0.29, 0.717) is 31.1 Å². The fourth-order valence-corrected chi connectivity index (χ4v) is 3.92. The van der Waals surface area contributed by atoms with Crippen molar-refractivity contribution in [3.05, 3.63) is 23.8 Å². The average Bonchev–Trinajstić information content (AvgIpc) is 2.48. The summed E-state index contributed by atoms with van der Waals surface area (Å²) in [6.07, 6.45) is 6.09. The van der Waals surface area contributed by atoms with E-state index in [4.69, 9.17) is 4.74 Å². The second kappa shape index (κ2) is 7.50. The molecule has 3 heteroatoms. The number of aliphatic hydroxyl groups excluding tert-OH is 2. The van der Waals surface area contributed by atoms with E-state index in [0.717, 1.165) is 24.8 Å². The molecule has 0 aromatic rings. The molecule has 0 spiro atoms. The van der Waals surface area contributed by atoms with E-state index in [-0.39, 0.29) is 6.10 Å². The summed E-state index contributed by atoms with van der Waals surface area (Å²) in [5, 5.41) is 20.9. The summed E-state index contributed by atoms with van der Waals surface area (Å²) < 4.78 is 6.45. The molecule has 2 N–H and O–H groups in total. The minimum absolute atomic E-state index is 0.0585. The van der Waals surface area contributed by atoms with Crippen molar-refractivity contribution >= 4 is 0 Å². The van der Waals surface area contributed by atoms with Crippen LogP contribution in [-0.2, 0) is 4.74 Å². The van der Waals surface area contributed by atoms with Crippen molar-refractivity contribution in [2.45, 2.75) is 90.1 Å². The van der Waals surface area contributed by atoms with Gasteiger partial charge in [-0.1, -0.05) is 32.1 Å². The van der Waals surface area contributed by atoms with Crippen molar-refractivity contribution in [3.8, 4) is 0 Å². The summed E-state index contributed by atoms with van der Waals surface area (Å²) in [5.41, 5.74) is 1.58. The van der Waals surface area contributed by atoms with Crippen molar-refractivity contribution in [1.29, 1.82) is 0 Å². The Morgan fingerprint density at radius 2 is 1.91 bits per heavy atom. The number of hydrogen-bond acceptors (Lipinski definition) is 3. The summed E-state index contributed by atoms with van der Waals surface area (Å²) in [5.74, 6) is 1.05. The van der Waals surface area contributed by atoms with Crippen LogP contribution in [0.4, 0.5) is 0 Å². The van der Waals surface area contributed by atoms with E-state index in [1.807, 2.05) is 6.92 Å². The lowest BCUT2D eigenvalue weighted by atomic mass is 9.76. The molecule has 5 atom stereocenters. The van der Waals surface area contributed by atoms with Gasteiger partial charge in [0.2, 0.25) is 0 Å². The number of hydrogen-bond donors (Lipinski definition) is 2. The average molecular weight is 322 g/mol. The maximum Gasteiger partial charge on any atom is 0.0920 e. The van der Waals surface area contributed by atoms with E-state index in [1.54, 1.807) is 0 Å².